The zero-order valence-electron chi connectivity index (χ0n) is 18.6. The van der Waals surface area contributed by atoms with E-state index in [4.69, 9.17) is 10.2 Å². The molecule has 0 rings (SSSR count). The van der Waals surface area contributed by atoms with Gasteiger partial charge in [-0.15, -0.1) is 0 Å². The first-order chi connectivity index (χ1) is 13.1. The van der Waals surface area contributed by atoms with Gasteiger partial charge in [0.25, 0.3) is 0 Å². The van der Waals surface area contributed by atoms with Gasteiger partial charge < -0.3 is 39.0 Å². The van der Waals surface area contributed by atoms with E-state index in [9.17, 15) is 19.8 Å². The molecule has 0 aliphatic carbocycles. The fraction of sp³-hybridized carbons (Fsp3) is 0.800. The number of rotatable bonds is 12. The highest BCUT2D eigenvalue weighted by atomic mass is 16.4. The number of aliphatic hydroxyl groups is 2. The summed E-state index contributed by atoms with van der Waals surface area (Å²) >= 11 is 0. The highest BCUT2D eigenvalue weighted by Crippen LogP contribution is 2.04. The second-order valence-electron chi connectivity index (χ2n) is 6.45. The van der Waals surface area contributed by atoms with Crippen molar-refractivity contribution in [2.75, 3.05) is 65.6 Å². The van der Waals surface area contributed by atoms with Crippen molar-refractivity contribution in [3.8, 4) is 0 Å². The van der Waals surface area contributed by atoms with Gasteiger partial charge in [-0.2, -0.15) is 0 Å². The second-order valence-corrected chi connectivity index (χ2v) is 6.45. The van der Waals surface area contributed by atoms with Gasteiger partial charge in [0, 0.05) is 0 Å². The molecule has 28 heavy (non-hydrogen) atoms. The van der Waals surface area contributed by atoms with E-state index in [1.807, 2.05) is 0 Å². The van der Waals surface area contributed by atoms with Crippen molar-refractivity contribution in [2.45, 2.75) is 41.5 Å². The van der Waals surface area contributed by atoms with E-state index in [1.54, 1.807) is 0 Å². The van der Waals surface area contributed by atoms with Crippen molar-refractivity contribution >= 4 is 11.9 Å². The molecule has 2 N–H and O–H groups in total. The fourth-order valence-electron chi connectivity index (χ4n) is 2.85. The van der Waals surface area contributed by atoms with Gasteiger partial charge in [-0.25, -0.2) is 0 Å². The first-order valence-electron chi connectivity index (χ1n) is 10.1. The lowest BCUT2D eigenvalue weighted by Gasteiger charge is -2.34. The minimum atomic E-state index is -1.55. The average molecular weight is 407 g/mol. The van der Waals surface area contributed by atoms with Crippen LogP contribution in [0.25, 0.3) is 0 Å². The van der Waals surface area contributed by atoms with E-state index in [-0.39, 0.29) is 0 Å². The third kappa shape index (κ3) is 15.6. The van der Waals surface area contributed by atoms with Gasteiger partial charge in [0.15, 0.2) is 0 Å². The Bertz CT molecular complexity index is 364. The molecule has 0 spiro atoms. The molecule has 168 valence electrons. The van der Waals surface area contributed by atoms with Gasteiger partial charge in [0.05, 0.1) is 64.4 Å². The van der Waals surface area contributed by atoms with Gasteiger partial charge in [0.1, 0.15) is 13.1 Å². The molecule has 0 aromatic heterocycles. The van der Waals surface area contributed by atoms with Crippen molar-refractivity contribution in [1.82, 2.24) is 0 Å². The van der Waals surface area contributed by atoms with E-state index in [2.05, 4.69) is 41.5 Å². The van der Waals surface area contributed by atoms with E-state index in [0.29, 0.717) is 25.4 Å². The largest absolute Gasteiger partial charge is 0.545 e. The maximum Gasteiger partial charge on any atom is 0.102 e. The van der Waals surface area contributed by atoms with Gasteiger partial charge in [-0.05, 0) is 53.7 Å². The first kappa shape index (κ1) is 31.2. The van der Waals surface area contributed by atoms with Crippen molar-refractivity contribution in [2.24, 2.45) is 0 Å². The molecule has 8 heteroatoms. The van der Waals surface area contributed by atoms with Crippen LogP contribution in [0.2, 0.25) is 0 Å². The summed E-state index contributed by atoms with van der Waals surface area (Å²) in [4.78, 5) is 18.8. The molecule has 8 nitrogen and oxygen atoms in total. The zero-order chi connectivity index (χ0) is 22.6. The van der Waals surface area contributed by atoms with Crippen molar-refractivity contribution < 1.29 is 39.0 Å². The number of nitrogens with zero attached hydrogens (tertiary/aromatic N) is 2. The number of carboxylic acids is 2. The Morgan fingerprint density at radius 3 is 0.929 bits per heavy atom. The summed E-state index contributed by atoms with van der Waals surface area (Å²) < 4.78 is 2.10. The summed E-state index contributed by atoms with van der Waals surface area (Å²) in [6.07, 6.45) is 0.769. The van der Waals surface area contributed by atoms with Crippen LogP contribution in [0.3, 0.4) is 0 Å². The molecule has 0 fully saturated rings. The maximum atomic E-state index is 9.41. The van der Waals surface area contributed by atoms with Crippen LogP contribution in [0.1, 0.15) is 41.5 Å². The molecular weight excluding hydrogens is 364 g/mol. The van der Waals surface area contributed by atoms with Crippen LogP contribution in [-0.2, 0) is 9.59 Å². The van der Waals surface area contributed by atoms with Crippen molar-refractivity contribution in [1.29, 1.82) is 0 Å². The van der Waals surface area contributed by atoms with Gasteiger partial charge >= 0.3 is 0 Å². The monoisotopic (exact) mass is 406 g/mol. The van der Waals surface area contributed by atoms with Crippen LogP contribution in [0, 0.1) is 0 Å². The molecule has 0 aliphatic heterocycles. The second kappa shape index (κ2) is 18.9. The highest BCUT2D eigenvalue weighted by Gasteiger charge is 2.19. The number of aliphatic hydroxyl groups excluding tert-OH is 2. The van der Waals surface area contributed by atoms with E-state index in [1.165, 1.54) is 0 Å². The molecule has 0 radical (unpaired) electrons. The molecule has 0 aliphatic rings. The summed E-state index contributed by atoms with van der Waals surface area (Å²) in [5, 5.41) is 36.4. The van der Waals surface area contributed by atoms with Crippen LogP contribution >= 0.6 is 0 Å². The van der Waals surface area contributed by atoms with Crippen molar-refractivity contribution in [3.63, 3.8) is 0 Å². The fourth-order valence-corrected chi connectivity index (χ4v) is 2.85. The lowest BCUT2D eigenvalue weighted by Crippen LogP contribution is -2.49. The minimum Gasteiger partial charge on any atom is -0.545 e. The van der Waals surface area contributed by atoms with Gasteiger partial charge in [-0.3, -0.25) is 0 Å². The SMILES string of the molecule is CC[N+](CC)(CC)CCO.CC[N+](CC)(CC)CCO.O=C([O-])C=CC(=O)[O-]. The number of hydrogen-bond acceptors (Lipinski definition) is 6. The standard InChI is InChI=1S/2C8H20NO.C4H4O4/c2*1-4-9(5-2,6-3)7-8-10;5-3(6)1-2-4(7)8/h2*10H,4-8H2,1-3H3;1-2H,(H,5,6)(H,7,8)/q2*+1;/p-2. The number of carboxylic acid groups (broad SMARTS) is 2. The van der Waals surface area contributed by atoms with Crippen LogP contribution in [0.15, 0.2) is 12.2 Å². The Hall–Kier alpha value is -1.48. The third-order valence-electron chi connectivity index (χ3n) is 5.53. The lowest BCUT2D eigenvalue weighted by atomic mass is 10.3. The summed E-state index contributed by atoms with van der Waals surface area (Å²) in [6, 6.07) is 0. The Labute approximate surface area is 170 Å². The molecule has 0 atom stereocenters. The topological polar surface area (TPSA) is 121 Å². The number of hydrogen-bond donors (Lipinski definition) is 2. The third-order valence-corrected chi connectivity index (χ3v) is 5.53. The molecule has 0 heterocycles. The van der Waals surface area contributed by atoms with Gasteiger partial charge in [-0.1, -0.05) is 0 Å². The van der Waals surface area contributed by atoms with Gasteiger partial charge in [0.2, 0.25) is 0 Å². The average Bonchev–Trinajstić information content (AvgIpc) is 2.70. The Morgan fingerprint density at radius 2 is 0.857 bits per heavy atom. The predicted octanol–water partition coefficient (Wildman–Crippen LogP) is -1.25. The number of aliphatic carboxylic acids is 2. The Kier molecular flexibility index (Phi) is 21.0. The summed E-state index contributed by atoms with van der Waals surface area (Å²) in [6.45, 7) is 22.3. The summed E-state index contributed by atoms with van der Waals surface area (Å²) in [5.74, 6) is -3.09. The van der Waals surface area contributed by atoms with Crippen LogP contribution < -0.4 is 10.2 Å². The Balaban J connectivity index is -0.000000337. The zero-order valence-corrected chi connectivity index (χ0v) is 18.6. The summed E-state index contributed by atoms with van der Waals surface area (Å²) in [7, 11) is 0. The van der Waals surface area contributed by atoms with Crippen molar-refractivity contribution in [3.05, 3.63) is 12.2 Å². The lowest BCUT2D eigenvalue weighted by molar-refractivity contribution is -0.923. The Morgan fingerprint density at radius 1 is 0.643 bits per heavy atom. The van der Waals surface area contributed by atoms with Crippen LogP contribution in [-0.4, -0.2) is 96.7 Å². The number of carbonyl (C=O) groups excluding carboxylic acids is 2. The summed E-state index contributed by atoms with van der Waals surface area (Å²) in [5.41, 5.74) is 0. The molecule has 0 saturated heterocycles. The smallest absolute Gasteiger partial charge is 0.102 e. The first-order valence-corrected chi connectivity index (χ1v) is 10.1. The quantitative estimate of drug-likeness (QED) is 0.309. The maximum absolute atomic E-state index is 9.41. The molecule has 0 unspecified atom stereocenters. The van der Waals surface area contributed by atoms with Crippen LogP contribution in [0.4, 0.5) is 0 Å². The molecule has 0 aromatic rings. The molecule has 0 aromatic carbocycles. The van der Waals surface area contributed by atoms with E-state index >= 15 is 0 Å². The number of carbonyl (C=O) groups is 2. The molecule has 0 saturated carbocycles. The molecular formula is C20H42N2O6. The normalized spacial score (nSPS) is 11.3. The van der Waals surface area contributed by atoms with E-state index in [0.717, 1.165) is 61.3 Å². The number of quaternary nitrogens is 2. The predicted molar refractivity (Wildman–Crippen MR) is 107 cm³/mol. The van der Waals surface area contributed by atoms with E-state index < -0.39 is 11.9 Å². The number of likely N-dealkylation sites (N-methyl/N-ethyl adjacent to an activating group) is 2. The molecule has 0 amide bonds. The minimum absolute atomic E-state index is 0.315. The van der Waals surface area contributed by atoms with Crippen LogP contribution in [0.5, 0.6) is 0 Å². The molecule has 0 bridgehead atoms. The highest BCUT2D eigenvalue weighted by molar-refractivity contribution is 5.87.